The molecule has 0 saturated carbocycles. The van der Waals surface area contributed by atoms with Crippen molar-refractivity contribution in [3.05, 3.63) is 71.8 Å². The second-order valence-corrected chi connectivity index (χ2v) is 7.05. The van der Waals surface area contributed by atoms with Crippen LogP contribution in [0.3, 0.4) is 0 Å². The third kappa shape index (κ3) is 3.48. The van der Waals surface area contributed by atoms with E-state index in [1.54, 1.807) is 0 Å². The largest absolute Gasteiger partial charge is 0.0832 e. The molecular formula is C18H21Br. The fraction of sp³-hybridized carbons (Fsp3) is 0.333. The molecule has 0 aliphatic carbocycles. The number of hydrogen-bond donors (Lipinski definition) is 0. The highest BCUT2D eigenvalue weighted by Gasteiger charge is 2.32. The Labute approximate surface area is 125 Å². The molecule has 2 unspecified atom stereocenters. The topological polar surface area (TPSA) is 0 Å². The second kappa shape index (κ2) is 5.92. The van der Waals surface area contributed by atoms with E-state index in [1.807, 2.05) is 0 Å². The summed E-state index contributed by atoms with van der Waals surface area (Å²) >= 11 is 3.92. The average molecular weight is 317 g/mol. The summed E-state index contributed by atoms with van der Waals surface area (Å²) in [6.07, 6.45) is 0. The number of rotatable bonds is 3. The third-order valence-corrected chi connectivity index (χ3v) is 4.56. The average Bonchev–Trinajstić information content (AvgIpc) is 2.39. The Bertz CT molecular complexity index is 496. The molecule has 0 heterocycles. The van der Waals surface area contributed by atoms with Gasteiger partial charge in [0.2, 0.25) is 0 Å². The van der Waals surface area contributed by atoms with Gasteiger partial charge < -0.3 is 0 Å². The van der Waals surface area contributed by atoms with E-state index in [4.69, 9.17) is 0 Å². The molecule has 2 aromatic carbocycles. The fourth-order valence-electron chi connectivity index (χ4n) is 2.60. The number of alkyl halides is 1. The summed E-state index contributed by atoms with van der Waals surface area (Å²) in [7, 11) is 0. The van der Waals surface area contributed by atoms with Crippen molar-refractivity contribution in [2.45, 2.75) is 31.5 Å². The predicted octanol–water partition coefficient (Wildman–Crippen LogP) is 5.95. The summed E-state index contributed by atoms with van der Waals surface area (Å²) in [5.74, 6) is 0.441. The smallest absolute Gasteiger partial charge is 0.0468 e. The van der Waals surface area contributed by atoms with Crippen LogP contribution in [0.4, 0.5) is 0 Å². The molecule has 100 valence electrons. The standard InChI is InChI=1S/C18H21Br/c1-18(2,3)16(14-10-6-4-7-11-14)17(19)15-12-8-5-9-13-15/h4-13,16-17H,1-3H3. The Balaban J connectivity index is 2.40. The van der Waals surface area contributed by atoms with Crippen LogP contribution in [0.5, 0.6) is 0 Å². The van der Waals surface area contributed by atoms with E-state index in [2.05, 4.69) is 97.4 Å². The van der Waals surface area contributed by atoms with Crippen LogP contribution in [-0.2, 0) is 0 Å². The molecule has 19 heavy (non-hydrogen) atoms. The zero-order chi connectivity index (χ0) is 13.9. The SMILES string of the molecule is CC(C)(C)C(c1ccccc1)C(Br)c1ccccc1. The lowest BCUT2D eigenvalue weighted by atomic mass is 9.73. The lowest BCUT2D eigenvalue weighted by Crippen LogP contribution is -2.22. The molecule has 2 rings (SSSR count). The van der Waals surface area contributed by atoms with Crippen molar-refractivity contribution in [3.63, 3.8) is 0 Å². The number of hydrogen-bond acceptors (Lipinski definition) is 0. The van der Waals surface area contributed by atoms with Gasteiger partial charge in [-0.3, -0.25) is 0 Å². The Morgan fingerprint density at radius 1 is 0.737 bits per heavy atom. The summed E-state index contributed by atoms with van der Waals surface area (Å²) < 4.78 is 0. The zero-order valence-electron chi connectivity index (χ0n) is 11.8. The van der Waals surface area contributed by atoms with E-state index < -0.39 is 0 Å². The monoisotopic (exact) mass is 316 g/mol. The maximum Gasteiger partial charge on any atom is 0.0468 e. The first-order valence-electron chi connectivity index (χ1n) is 6.74. The van der Waals surface area contributed by atoms with Gasteiger partial charge >= 0.3 is 0 Å². The Hall–Kier alpha value is -1.08. The van der Waals surface area contributed by atoms with Crippen molar-refractivity contribution in [1.82, 2.24) is 0 Å². The summed E-state index contributed by atoms with van der Waals surface area (Å²) in [4.78, 5) is 0.330. The van der Waals surface area contributed by atoms with E-state index in [0.29, 0.717) is 10.7 Å². The van der Waals surface area contributed by atoms with E-state index in [-0.39, 0.29) is 5.41 Å². The predicted molar refractivity (Wildman–Crippen MR) is 86.7 cm³/mol. The van der Waals surface area contributed by atoms with Crippen LogP contribution < -0.4 is 0 Å². The molecule has 0 aromatic heterocycles. The zero-order valence-corrected chi connectivity index (χ0v) is 13.4. The highest BCUT2D eigenvalue weighted by Crippen LogP contribution is 2.48. The molecule has 0 aliphatic heterocycles. The first-order chi connectivity index (χ1) is 9.00. The fourth-order valence-corrected chi connectivity index (χ4v) is 4.00. The first-order valence-corrected chi connectivity index (χ1v) is 7.65. The Morgan fingerprint density at radius 2 is 1.16 bits per heavy atom. The van der Waals surface area contributed by atoms with Crippen LogP contribution in [-0.4, -0.2) is 0 Å². The van der Waals surface area contributed by atoms with Gasteiger partial charge in [-0.05, 0) is 16.5 Å². The van der Waals surface area contributed by atoms with Crippen LogP contribution >= 0.6 is 15.9 Å². The number of benzene rings is 2. The van der Waals surface area contributed by atoms with Gasteiger partial charge in [-0.1, -0.05) is 97.4 Å². The maximum absolute atomic E-state index is 3.92. The lowest BCUT2D eigenvalue weighted by molar-refractivity contribution is 0.316. The minimum absolute atomic E-state index is 0.200. The molecule has 1 heteroatoms. The Kier molecular flexibility index (Phi) is 4.46. The van der Waals surface area contributed by atoms with Crippen molar-refractivity contribution in [2.24, 2.45) is 5.41 Å². The van der Waals surface area contributed by atoms with Gasteiger partial charge in [-0.15, -0.1) is 0 Å². The molecule has 0 spiro atoms. The first kappa shape index (κ1) is 14.3. The molecule has 0 fully saturated rings. The van der Waals surface area contributed by atoms with Crippen molar-refractivity contribution in [1.29, 1.82) is 0 Å². The molecule has 0 aliphatic rings. The summed E-state index contributed by atoms with van der Waals surface area (Å²) in [6, 6.07) is 21.5. The van der Waals surface area contributed by atoms with Crippen molar-refractivity contribution < 1.29 is 0 Å². The molecule has 0 nitrogen and oxygen atoms in total. The van der Waals surface area contributed by atoms with Gasteiger partial charge in [0.1, 0.15) is 0 Å². The molecule has 0 saturated heterocycles. The maximum atomic E-state index is 3.92. The van der Waals surface area contributed by atoms with Crippen LogP contribution in [0, 0.1) is 5.41 Å². The minimum atomic E-state index is 0.200. The van der Waals surface area contributed by atoms with E-state index in [1.165, 1.54) is 11.1 Å². The molecule has 0 bridgehead atoms. The highest BCUT2D eigenvalue weighted by atomic mass is 79.9. The van der Waals surface area contributed by atoms with Crippen LogP contribution in [0.25, 0.3) is 0 Å². The van der Waals surface area contributed by atoms with Crippen LogP contribution in [0.15, 0.2) is 60.7 Å². The molecule has 2 aromatic rings. The molecule has 0 amide bonds. The molecular weight excluding hydrogens is 296 g/mol. The third-order valence-electron chi connectivity index (χ3n) is 3.50. The number of halogens is 1. The van der Waals surface area contributed by atoms with E-state index in [9.17, 15) is 0 Å². The van der Waals surface area contributed by atoms with Gasteiger partial charge in [-0.2, -0.15) is 0 Å². The van der Waals surface area contributed by atoms with Crippen molar-refractivity contribution >= 4 is 15.9 Å². The lowest BCUT2D eigenvalue weighted by Gasteiger charge is -2.35. The molecule has 0 radical (unpaired) electrons. The van der Waals surface area contributed by atoms with Gasteiger partial charge in [0.25, 0.3) is 0 Å². The summed E-state index contributed by atoms with van der Waals surface area (Å²) in [6.45, 7) is 6.92. The molecule has 0 N–H and O–H groups in total. The van der Waals surface area contributed by atoms with Crippen molar-refractivity contribution in [2.75, 3.05) is 0 Å². The van der Waals surface area contributed by atoms with Crippen molar-refractivity contribution in [3.8, 4) is 0 Å². The van der Waals surface area contributed by atoms with Crippen LogP contribution in [0.1, 0.15) is 42.6 Å². The van der Waals surface area contributed by atoms with E-state index in [0.717, 1.165) is 0 Å². The minimum Gasteiger partial charge on any atom is -0.0832 e. The summed E-state index contributed by atoms with van der Waals surface area (Å²) in [5, 5.41) is 0. The van der Waals surface area contributed by atoms with Gasteiger partial charge in [0.05, 0.1) is 0 Å². The molecule has 2 atom stereocenters. The van der Waals surface area contributed by atoms with E-state index >= 15 is 0 Å². The normalized spacial score (nSPS) is 14.9. The van der Waals surface area contributed by atoms with Gasteiger partial charge in [0, 0.05) is 10.7 Å². The summed E-state index contributed by atoms with van der Waals surface area (Å²) in [5.41, 5.74) is 2.93. The van der Waals surface area contributed by atoms with Gasteiger partial charge in [-0.25, -0.2) is 0 Å². The quantitative estimate of drug-likeness (QED) is 0.613. The van der Waals surface area contributed by atoms with Crippen LogP contribution in [0.2, 0.25) is 0 Å². The Morgan fingerprint density at radius 3 is 1.58 bits per heavy atom. The highest BCUT2D eigenvalue weighted by molar-refractivity contribution is 9.09. The second-order valence-electron chi connectivity index (χ2n) is 6.07. The van der Waals surface area contributed by atoms with Gasteiger partial charge in [0.15, 0.2) is 0 Å².